The standard InChI is InChI=1S/C10H14N2O4/c1-5(2)7(10(14)15)12-8(13)9-11-6(3)4-16-9/h4-5,7H,1-3H3,(H,12,13)(H,14,15)/t7-/m0/s1. The molecule has 1 aromatic rings. The zero-order valence-electron chi connectivity index (χ0n) is 9.35. The molecule has 0 aromatic carbocycles. The molecule has 2 N–H and O–H groups in total. The van der Waals surface area contributed by atoms with Gasteiger partial charge in [-0.15, -0.1) is 0 Å². The Balaban J connectivity index is 2.73. The van der Waals surface area contributed by atoms with Gasteiger partial charge in [-0.25, -0.2) is 9.78 Å². The van der Waals surface area contributed by atoms with Gasteiger partial charge in [0.15, 0.2) is 0 Å². The highest BCUT2D eigenvalue weighted by Crippen LogP contribution is 2.05. The van der Waals surface area contributed by atoms with Gasteiger partial charge in [-0.1, -0.05) is 13.8 Å². The number of carboxylic acids is 1. The highest BCUT2D eigenvalue weighted by atomic mass is 16.4. The van der Waals surface area contributed by atoms with E-state index in [1.807, 2.05) is 0 Å². The van der Waals surface area contributed by atoms with Gasteiger partial charge in [-0.2, -0.15) is 0 Å². The van der Waals surface area contributed by atoms with Crippen molar-refractivity contribution in [3.8, 4) is 0 Å². The first-order chi connectivity index (χ1) is 7.41. The molecule has 1 atom stereocenters. The number of carbonyl (C=O) groups excluding carboxylic acids is 1. The summed E-state index contributed by atoms with van der Waals surface area (Å²) in [6.07, 6.45) is 1.33. The van der Waals surface area contributed by atoms with Crippen LogP contribution in [0.15, 0.2) is 10.7 Å². The van der Waals surface area contributed by atoms with E-state index in [1.165, 1.54) is 6.26 Å². The molecule has 1 heterocycles. The molecule has 0 radical (unpaired) electrons. The van der Waals surface area contributed by atoms with Crippen LogP contribution in [-0.2, 0) is 4.79 Å². The highest BCUT2D eigenvalue weighted by Gasteiger charge is 2.25. The average Bonchev–Trinajstić information content (AvgIpc) is 2.59. The van der Waals surface area contributed by atoms with E-state index in [1.54, 1.807) is 20.8 Å². The minimum absolute atomic E-state index is 0.121. The number of amides is 1. The Morgan fingerprint density at radius 2 is 2.12 bits per heavy atom. The largest absolute Gasteiger partial charge is 0.480 e. The van der Waals surface area contributed by atoms with E-state index in [4.69, 9.17) is 9.52 Å². The van der Waals surface area contributed by atoms with E-state index in [0.29, 0.717) is 5.69 Å². The highest BCUT2D eigenvalue weighted by molar-refractivity contribution is 5.92. The van der Waals surface area contributed by atoms with E-state index in [0.717, 1.165) is 0 Å². The maximum atomic E-state index is 11.5. The number of hydrogen-bond donors (Lipinski definition) is 2. The van der Waals surface area contributed by atoms with Crippen LogP contribution >= 0.6 is 0 Å². The van der Waals surface area contributed by atoms with Crippen LogP contribution in [-0.4, -0.2) is 28.0 Å². The number of carboxylic acid groups (broad SMARTS) is 1. The van der Waals surface area contributed by atoms with Crippen LogP contribution in [0.3, 0.4) is 0 Å². The summed E-state index contributed by atoms with van der Waals surface area (Å²) >= 11 is 0. The van der Waals surface area contributed by atoms with Gasteiger partial charge in [0, 0.05) is 0 Å². The summed E-state index contributed by atoms with van der Waals surface area (Å²) in [6.45, 7) is 5.09. The third kappa shape index (κ3) is 2.82. The molecule has 0 saturated carbocycles. The number of nitrogens with zero attached hydrogens (tertiary/aromatic N) is 1. The lowest BCUT2D eigenvalue weighted by Gasteiger charge is -2.16. The molecular formula is C10H14N2O4. The zero-order chi connectivity index (χ0) is 12.3. The van der Waals surface area contributed by atoms with Crippen molar-refractivity contribution in [1.29, 1.82) is 0 Å². The Morgan fingerprint density at radius 3 is 2.50 bits per heavy atom. The van der Waals surface area contributed by atoms with Gasteiger partial charge >= 0.3 is 11.9 Å². The molecule has 0 spiro atoms. The minimum atomic E-state index is -1.08. The number of aryl methyl sites for hydroxylation is 1. The van der Waals surface area contributed by atoms with Gasteiger partial charge in [-0.05, 0) is 12.8 Å². The Bertz CT molecular complexity index is 397. The smallest absolute Gasteiger partial charge is 0.326 e. The molecule has 6 nitrogen and oxygen atoms in total. The minimum Gasteiger partial charge on any atom is -0.480 e. The predicted molar refractivity (Wildman–Crippen MR) is 55.0 cm³/mol. The normalized spacial score (nSPS) is 12.5. The van der Waals surface area contributed by atoms with Crippen LogP contribution in [0.5, 0.6) is 0 Å². The molecule has 0 aliphatic heterocycles. The number of rotatable bonds is 4. The summed E-state index contributed by atoms with van der Waals surface area (Å²) in [5, 5.41) is 11.2. The van der Waals surface area contributed by atoms with Crippen molar-refractivity contribution >= 4 is 11.9 Å². The van der Waals surface area contributed by atoms with Crippen molar-refractivity contribution in [3.05, 3.63) is 17.8 Å². The SMILES string of the molecule is Cc1coc(C(=O)N[C@H](C(=O)O)C(C)C)n1. The fraction of sp³-hybridized carbons (Fsp3) is 0.500. The lowest BCUT2D eigenvalue weighted by molar-refractivity contribution is -0.140. The Morgan fingerprint density at radius 1 is 1.50 bits per heavy atom. The first kappa shape index (κ1) is 12.2. The molecule has 6 heteroatoms. The number of oxazole rings is 1. The third-order valence-corrected chi connectivity index (χ3v) is 2.03. The number of aromatic nitrogens is 1. The summed E-state index contributed by atoms with van der Waals surface area (Å²) in [4.78, 5) is 26.2. The lowest BCUT2D eigenvalue weighted by atomic mass is 10.1. The number of carbonyl (C=O) groups is 2. The second-order valence-corrected chi connectivity index (χ2v) is 3.83. The van der Waals surface area contributed by atoms with Crippen molar-refractivity contribution in [2.24, 2.45) is 5.92 Å². The van der Waals surface area contributed by atoms with Crippen molar-refractivity contribution < 1.29 is 19.1 Å². The molecule has 1 aromatic heterocycles. The topological polar surface area (TPSA) is 92.4 Å². The van der Waals surface area contributed by atoms with Crippen molar-refractivity contribution in [3.63, 3.8) is 0 Å². The average molecular weight is 226 g/mol. The van der Waals surface area contributed by atoms with E-state index >= 15 is 0 Å². The molecule has 0 saturated heterocycles. The molecule has 0 fully saturated rings. The van der Waals surface area contributed by atoms with Gasteiger partial charge in [0.2, 0.25) is 0 Å². The Hall–Kier alpha value is -1.85. The maximum absolute atomic E-state index is 11.5. The molecule has 1 amide bonds. The number of nitrogens with one attached hydrogen (secondary N) is 1. The van der Waals surface area contributed by atoms with E-state index in [2.05, 4.69) is 10.3 Å². The van der Waals surface area contributed by atoms with Gasteiger partial charge in [0.05, 0.1) is 5.69 Å². The first-order valence-electron chi connectivity index (χ1n) is 4.87. The molecule has 0 unspecified atom stereocenters. The molecule has 1 rings (SSSR count). The summed E-state index contributed by atoms with van der Waals surface area (Å²) in [5.74, 6) is -2.03. The van der Waals surface area contributed by atoms with Crippen LogP contribution < -0.4 is 5.32 Å². The molecule has 0 aliphatic rings. The fourth-order valence-electron chi connectivity index (χ4n) is 1.17. The van der Waals surface area contributed by atoms with Crippen LogP contribution in [0.25, 0.3) is 0 Å². The quantitative estimate of drug-likeness (QED) is 0.792. The Labute approximate surface area is 92.7 Å². The Kier molecular flexibility index (Phi) is 3.65. The van der Waals surface area contributed by atoms with Gasteiger partial charge in [0.1, 0.15) is 12.3 Å². The van der Waals surface area contributed by atoms with Gasteiger partial charge in [-0.3, -0.25) is 4.79 Å². The molecule has 16 heavy (non-hydrogen) atoms. The van der Waals surface area contributed by atoms with Crippen molar-refractivity contribution in [2.45, 2.75) is 26.8 Å². The lowest BCUT2D eigenvalue weighted by Crippen LogP contribution is -2.44. The van der Waals surface area contributed by atoms with Gasteiger partial charge < -0.3 is 14.8 Å². The van der Waals surface area contributed by atoms with Gasteiger partial charge in [0.25, 0.3) is 5.89 Å². The molecule has 0 aliphatic carbocycles. The van der Waals surface area contributed by atoms with Crippen LogP contribution in [0.1, 0.15) is 30.2 Å². The van der Waals surface area contributed by atoms with E-state index in [-0.39, 0.29) is 11.8 Å². The fourth-order valence-corrected chi connectivity index (χ4v) is 1.17. The molecule has 0 bridgehead atoms. The summed E-state index contributed by atoms with van der Waals surface area (Å²) < 4.78 is 4.87. The second kappa shape index (κ2) is 4.78. The monoisotopic (exact) mass is 226 g/mol. The van der Waals surface area contributed by atoms with Crippen LogP contribution in [0.2, 0.25) is 0 Å². The first-order valence-corrected chi connectivity index (χ1v) is 4.87. The number of aliphatic carboxylic acids is 1. The van der Waals surface area contributed by atoms with Crippen LogP contribution in [0, 0.1) is 12.8 Å². The third-order valence-electron chi connectivity index (χ3n) is 2.03. The maximum Gasteiger partial charge on any atom is 0.326 e. The van der Waals surface area contributed by atoms with Crippen molar-refractivity contribution in [2.75, 3.05) is 0 Å². The summed E-state index contributed by atoms with van der Waals surface area (Å²) in [5.41, 5.74) is 0.571. The predicted octanol–water partition coefficient (Wildman–Crippen LogP) is 0.822. The number of hydrogen-bond acceptors (Lipinski definition) is 4. The van der Waals surface area contributed by atoms with Crippen LogP contribution in [0.4, 0.5) is 0 Å². The van der Waals surface area contributed by atoms with E-state index in [9.17, 15) is 9.59 Å². The van der Waals surface area contributed by atoms with Crippen molar-refractivity contribution in [1.82, 2.24) is 10.3 Å². The molecule has 88 valence electrons. The van der Waals surface area contributed by atoms with E-state index < -0.39 is 17.9 Å². The second-order valence-electron chi connectivity index (χ2n) is 3.83. The summed E-state index contributed by atoms with van der Waals surface area (Å²) in [6, 6.07) is -0.945. The molecular weight excluding hydrogens is 212 g/mol. The summed E-state index contributed by atoms with van der Waals surface area (Å²) in [7, 11) is 0. The zero-order valence-corrected chi connectivity index (χ0v) is 9.35.